The summed E-state index contributed by atoms with van der Waals surface area (Å²) in [5.41, 5.74) is 1.12. The summed E-state index contributed by atoms with van der Waals surface area (Å²) in [6, 6.07) is 10.6. The molecule has 0 radical (unpaired) electrons. The number of hydrogen-bond donors (Lipinski definition) is 1. The zero-order valence-electron chi connectivity index (χ0n) is 11.9. The largest absolute Gasteiger partial charge is 0.381 e. The molecule has 0 saturated carbocycles. The molecule has 2 rings (SSSR count). The van der Waals surface area contributed by atoms with Crippen molar-refractivity contribution in [1.29, 1.82) is 0 Å². The second-order valence-corrected chi connectivity index (χ2v) is 4.83. The van der Waals surface area contributed by atoms with Gasteiger partial charge in [-0.05, 0) is 30.3 Å². The summed E-state index contributed by atoms with van der Waals surface area (Å²) in [7, 11) is 3.33. The summed E-state index contributed by atoms with van der Waals surface area (Å²) in [6.07, 6.45) is 0. The zero-order valence-corrected chi connectivity index (χ0v) is 11.9. The van der Waals surface area contributed by atoms with Gasteiger partial charge in [0.25, 0.3) is 5.91 Å². The topological polar surface area (TPSA) is 32.3 Å². The summed E-state index contributed by atoms with van der Waals surface area (Å²) in [6.45, 7) is 0.0120. The Morgan fingerprint density at radius 1 is 1.10 bits per heavy atom. The van der Waals surface area contributed by atoms with Gasteiger partial charge in [-0.2, -0.15) is 0 Å². The molecular weight excluding hydrogens is 274 g/mol. The molecule has 0 aliphatic heterocycles. The Labute approximate surface area is 122 Å². The predicted octanol–water partition coefficient (Wildman–Crippen LogP) is 3.28. The van der Waals surface area contributed by atoms with Gasteiger partial charge in [0.05, 0.1) is 0 Å². The monoisotopic (exact) mass is 290 g/mol. The molecule has 110 valence electrons. The van der Waals surface area contributed by atoms with Crippen molar-refractivity contribution in [2.24, 2.45) is 0 Å². The molecule has 1 amide bonds. The minimum atomic E-state index is -0.594. The number of nitrogens with zero attached hydrogens (tertiary/aromatic N) is 1. The van der Waals surface area contributed by atoms with E-state index in [1.807, 2.05) is 0 Å². The SMILES string of the molecule is CN(C)C(=O)c1cccc(NCc2c(F)cccc2F)c1. The van der Waals surface area contributed by atoms with Gasteiger partial charge in [0.15, 0.2) is 0 Å². The third-order valence-corrected chi connectivity index (χ3v) is 3.05. The minimum Gasteiger partial charge on any atom is -0.381 e. The van der Waals surface area contributed by atoms with Gasteiger partial charge in [-0.25, -0.2) is 8.78 Å². The van der Waals surface area contributed by atoms with Crippen LogP contribution in [0.4, 0.5) is 14.5 Å². The number of nitrogens with one attached hydrogen (secondary N) is 1. The maximum atomic E-state index is 13.5. The van der Waals surface area contributed by atoms with Crippen LogP contribution in [0.5, 0.6) is 0 Å². The summed E-state index contributed by atoms with van der Waals surface area (Å²) in [5.74, 6) is -1.32. The summed E-state index contributed by atoms with van der Waals surface area (Å²) in [4.78, 5) is 13.3. The van der Waals surface area contributed by atoms with Crippen LogP contribution in [0.25, 0.3) is 0 Å². The first kappa shape index (κ1) is 15.0. The van der Waals surface area contributed by atoms with E-state index >= 15 is 0 Å². The smallest absolute Gasteiger partial charge is 0.253 e. The highest BCUT2D eigenvalue weighted by Crippen LogP contribution is 2.16. The van der Waals surface area contributed by atoms with Crippen molar-refractivity contribution in [3.8, 4) is 0 Å². The van der Waals surface area contributed by atoms with Gasteiger partial charge >= 0.3 is 0 Å². The van der Waals surface area contributed by atoms with Crippen LogP contribution in [0.3, 0.4) is 0 Å². The maximum absolute atomic E-state index is 13.5. The molecule has 0 fully saturated rings. The minimum absolute atomic E-state index is 0.0120. The van der Waals surface area contributed by atoms with Gasteiger partial charge < -0.3 is 10.2 Å². The van der Waals surface area contributed by atoms with E-state index < -0.39 is 11.6 Å². The van der Waals surface area contributed by atoms with Crippen molar-refractivity contribution in [1.82, 2.24) is 4.90 Å². The predicted molar refractivity (Wildman–Crippen MR) is 78.1 cm³/mol. The van der Waals surface area contributed by atoms with Crippen LogP contribution in [0.15, 0.2) is 42.5 Å². The van der Waals surface area contributed by atoms with Crippen molar-refractivity contribution in [2.45, 2.75) is 6.54 Å². The molecule has 0 saturated heterocycles. The Morgan fingerprint density at radius 3 is 2.33 bits per heavy atom. The second-order valence-electron chi connectivity index (χ2n) is 4.83. The van der Waals surface area contributed by atoms with Crippen molar-refractivity contribution in [3.63, 3.8) is 0 Å². The molecule has 0 atom stereocenters. The second kappa shape index (κ2) is 6.35. The van der Waals surface area contributed by atoms with Crippen LogP contribution in [0.1, 0.15) is 15.9 Å². The number of hydrogen-bond acceptors (Lipinski definition) is 2. The van der Waals surface area contributed by atoms with Gasteiger partial charge in [-0.1, -0.05) is 12.1 Å². The van der Waals surface area contributed by atoms with Gasteiger partial charge in [0.1, 0.15) is 11.6 Å². The molecule has 0 aliphatic carbocycles. The molecule has 0 unspecified atom stereocenters. The molecule has 0 heterocycles. The molecule has 1 N–H and O–H groups in total. The number of amides is 1. The van der Waals surface area contributed by atoms with E-state index in [0.717, 1.165) is 0 Å². The first-order valence-electron chi connectivity index (χ1n) is 6.47. The molecule has 0 aromatic heterocycles. The molecular formula is C16H16F2N2O. The third kappa shape index (κ3) is 3.56. The van der Waals surface area contributed by atoms with Gasteiger partial charge in [0.2, 0.25) is 0 Å². The van der Waals surface area contributed by atoms with Gasteiger partial charge in [-0.15, -0.1) is 0 Å². The molecule has 0 bridgehead atoms. The molecule has 0 aliphatic rings. The fourth-order valence-corrected chi connectivity index (χ4v) is 1.91. The summed E-state index contributed by atoms with van der Waals surface area (Å²) < 4.78 is 27.1. The zero-order chi connectivity index (χ0) is 15.4. The molecule has 3 nitrogen and oxygen atoms in total. The summed E-state index contributed by atoms with van der Waals surface area (Å²) >= 11 is 0. The van der Waals surface area contributed by atoms with Crippen LogP contribution in [0.2, 0.25) is 0 Å². The van der Waals surface area contributed by atoms with Crippen molar-refractivity contribution in [3.05, 3.63) is 65.2 Å². The number of carbonyl (C=O) groups excluding carboxylic acids is 1. The van der Waals surface area contributed by atoms with E-state index in [0.29, 0.717) is 11.3 Å². The van der Waals surface area contributed by atoms with Crippen LogP contribution in [0, 0.1) is 11.6 Å². The molecule has 21 heavy (non-hydrogen) atoms. The van der Waals surface area contributed by atoms with Crippen LogP contribution < -0.4 is 5.32 Å². The fourth-order valence-electron chi connectivity index (χ4n) is 1.91. The average Bonchev–Trinajstić information content (AvgIpc) is 2.46. The lowest BCUT2D eigenvalue weighted by Gasteiger charge is -2.12. The molecule has 2 aromatic rings. The summed E-state index contributed by atoms with van der Waals surface area (Å²) in [5, 5.41) is 2.93. The molecule has 2 aromatic carbocycles. The number of anilines is 1. The number of benzene rings is 2. The van der Waals surface area contributed by atoms with Gasteiger partial charge in [-0.3, -0.25) is 4.79 Å². The van der Waals surface area contributed by atoms with Crippen LogP contribution in [-0.4, -0.2) is 24.9 Å². The molecule has 0 spiro atoms. The van der Waals surface area contributed by atoms with Crippen molar-refractivity contribution >= 4 is 11.6 Å². The number of carbonyl (C=O) groups is 1. The lowest BCUT2D eigenvalue weighted by molar-refractivity contribution is 0.0827. The van der Waals surface area contributed by atoms with E-state index in [1.54, 1.807) is 38.4 Å². The normalized spacial score (nSPS) is 10.3. The standard InChI is InChI=1S/C16H16F2N2O/c1-20(2)16(21)11-5-3-6-12(9-11)19-10-13-14(17)7-4-8-15(13)18/h3-9,19H,10H2,1-2H3. The number of rotatable bonds is 4. The van der Waals surface area contributed by atoms with Crippen molar-refractivity contribution in [2.75, 3.05) is 19.4 Å². The van der Waals surface area contributed by atoms with E-state index in [-0.39, 0.29) is 18.0 Å². The lowest BCUT2D eigenvalue weighted by atomic mass is 10.1. The highest BCUT2D eigenvalue weighted by atomic mass is 19.1. The maximum Gasteiger partial charge on any atom is 0.253 e. The highest BCUT2D eigenvalue weighted by Gasteiger charge is 2.10. The average molecular weight is 290 g/mol. The van der Waals surface area contributed by atoms with E-state index in [4.69, 9.17) is 0 Å². The quantitative estimate of drug-likeness (QED) is 0.937. The third-order valence-electron chi connectivity index (χ3n) is 3.05. The van der Waals surface area contributed by atoms with E-state index in [9.17, 15) is 13.6 Å². The fraction of sp³-hybridized carbons (Fsp3) is 0.188. The Bertz CT molecular complexity index is 636. The van der Waals surface area contributed by atoms with Gasteiger partial charge in [0, 0.05) is 37.5 Å². The van der Waals surface area contributed by atoms with E-state index in [1.165, 1.54) is 23.1 Å². The number of halogens is 2. The Kier molecular flexibility index (Phi) is 4.52. The first-order chi connectivity index (χ1) is 9.99. The Morgan fingerprint density at radius 2 is 1.71 bits per heavy atom. The first-order valence-corrected chi connectivity index (χ1v) is 6.47. The van der Waals surface area contributed by atoms with Crippen LogP contribution >= 0.6 is 0 Å². The molecule has 5 heteroatoms. The highest BCUT2D eigenvalue weighted by molar-refractivity contribution is 5.94. The lowest BCUT2D eigenvalue weighted by Crippen LogP contribution is -2.21. The Hall–Kier alpha value is -2.43. The van der Waals surface area contributed by atoms with Crippen LogP contribution in [-0.2, 0) is 6.54 Å². The Balaban J connectivity index is 2.14. The van der Waals surface area contributed by atoms with Crippen molar-refractivity contribution < 1.29 is 13.6 Å². The van der Waals surface area contributed by atoms with E-state index in [2.05, 4.69) is 5.32 Å².